The number of likely N-dealkylation sites (N-methyl/N-ethyl adjacent to an activating group) is 1. The van der Waals surface area contributed by atoms with Gasteiger partial charge in [-0.3, -0.25) is 4.90 Å². The fourth-order valence-corrected chi connectivity index (χ4v) is 5.87. The van der Waals surface area contributed by atoms with Crippen molar-refractivity contribution in [3.8, 4) is 0 Å². The van der Waals surface area contributed by atoms with Crippen molar-refractivity contribution in [3.05, 3.63) is 33.8 Å². The van der Waals surface area contributed by atoms with E-state index in [9.17, 15) is 19.5 Å². The highest BCUT2D eigenvalue weighted by Crippen LogP contribution is 2.49. The van der Waals surface area contributed by atoms with Crippen LogP contribution in [0.1, 0.15) is 57.4 Å². The minimum Gasteiger partial charge on any atom is -0.465 e. The van der Waals surface area contributed by atoms with Gasteiger partial charge in [0.15, 0.2) is 0 Å². The molecule has 2 heterocycles. The number of nitrogens with zero attached hydrogens (tertiary/aromatic N) is 3. The van der Waals surface area contributed by atoms with E-state index in [2.05, 4.69) is 0 Å². The van der Waals surface area contributed by atoms with Crippen LogP contribution in [0, 0.1) is 5.41 Å². The second-order valence-electron chi connectivity index (χ2n) is 9.95. The molecule has 1 aliphatic carbocycles. The molecule has 4 rings (SSSR count). The van der Waals surface area contributed by atoms with Gasteiger partial charge in [0.05, 0.1) is 34.6 Å². The monoisotopic (exact) mass is 496 g/mol. The molecule has 1 saturated carbocycles. The molecule has 33 heavy (non-hydrogen) atoms. The molecule has 2 aliphatic heterocycles. The summed E-state index contributed by atoms with van der Waals surface area (Å²) in [6.07, 6.45) is 3.35. The first-order chi connectivity index (χ1) is 15.6. The quantitative estimate of drug-likeness (QED) is 0.580. The van der Waals surface area contributed by atoms with Crippen LogP contribution in [0.25, 0.3) is 0 Å². The van der Waals surface area contributed by atoms with Crippen molar-refractivity contribution >= 4 is 41.2 Å². The molecule has 7 nitrogen and oxygen atoms in total. The summed E-state index contributed by atoms with van der Waals surface area (Å²) in [5, 5.41) is 10.7. The van der Waals surface area contributed by atoms with Crippen LogP contribution in [-0.4, -0.2) is 76.2 Å². The maximum atomic E-state index is 14.0. The lowest BCUT2D eigenvalue weighted by molar-refractivity contribution is -0.786. The van der Waals surface area contributed by atoms with E-state index in [4.69, 9.17) is 23.2 Å². The number of hydrogen-bond acceptors (Lipinski definition) is 3. The molecule has 3 fully saturated rings. The normalized spacial score (nSPS) is 25.5. The first kappa shape index (κ1) is 24.3. The molecule has 4 amide bonds. The Morgan fingerprint density at radius 1 is 1.12 bits per heavy atom. The summed E-state index contributed by atoms with van der Waals surface area (Å²) in [4.78, 5) is 42.8. The van der Waals surface area contributed by atoms with Crippen LogP contribution >= 0.6 is 23.2 Å². The second-order valence-corrected chi connectivity index (χ2v) is 10.8. The summed E-state index contributed by atoms with van der Waals surface area (Å²) in [6, 6.07) is 4.70. The fraction of sp³-hybridized carbons (Fsp3) is 0.625. The Bertz CT molecular complexity index is 959. The molecule has 1 aromatic carbocycles. The maximum Gasteiger partial charge on any atom is 0.426 e. The van der Waals surface area contributed by atoms with Gasteiger partial charge in [0.1, 0.15) is 0 Å². The molecular formula is C24H32Cl2N3O4+. The Labute approximate surface area is 204 Å². The predicted molar refractivity (Wildman–Crippen MR) is 127 cm³/mol. The molecule has 3 aliphatic rings. The minimum atomic E-state index is -1.02. The summed E-state index contributed by atoms with van der Waals surface area (Å²) in [7, 11) is 0. The molecule has 0 unspecified atom stereocenters. The second kappa shape index (κ2) is 9.08. The van der Waals surface area contributed by atoms with E-state index in [-0.39, 0.29) is 28.9 Å². The van der Waals surface area contributed by atoms with Gasteiger partial charge < -0.3 is 10.0 Å². The number of benzene rings is 1. The number of amides is 4. The van der Waals surface area contributed by atoms with Gasteiger partial charge in [-0.2, -0.15) is 4.48 Å². The van der Waals surface area contributed by atoms with Crippen LogP contribution in [-0.2, 0) is 4.79 Å². The Balaban J connectivity index is 1.68. The summed E-state index contributed by atoms with van der Waals surface area (Å²) in [5.74, 6) is -0.219. The molecule has 0 bridgehead atoms. The van der Waals surface area contributed by atoms with Gasteiger partial charge in [0.25, 0.3) is 0 Å². The minimum absolute atomic E-state index is 0.0346. The zero-order valence-corrected chi connectivity index (χ0v) is 20.7. The van der Waals surface area contributed by atoms with Crippen LogP contribution in [0.15, 0.2) is 18.2 Å². The first-order valence-corrected chi connectivity index (χ1v) is 12.5. The van der Waals surface area contributed by atoms with Crippen LogP contribution in [0.4, 0.5) is 9.59 Å². The number of quaternary nitrogens is 1. The molecule has 0 spiro atoms. The van der Waals surface area contributed by atoms with Crippen molar-refractivity contribution in [1.29, 1.82) is 0 Å². The standard InChI is InChI=1S/C24H31Cl2N3O4/c1-3-28(23(32)33)20-15-27(14-17(20)16-7-8-18(25)19(26)13-16)22(31)29(11-5-4-6-12-29)21(30)24(2)9-10-24/h7-8,13,17,20H,3-6,9-12,14-15H2,1-2H3/p+1/t17-,20+/m0/s1. The number of carbonyl (C=O) groups is 3. The number of likely N-dealkylation sites (tertiary alicyclic amines) is 2. The molecule has 2 saturated heterocycles. The maximum absolute atomic E-state index is 14.0. The summed E-state index contributed by atoms with van der Waals surface area (Å²) < 4.78 is -0.128. The lowest BCUT2D eigenvalue weighted by Gasteiger charge is -2.40. The zero-order valence-electron chi connectivity index (χ0n) is 19.2. The predicted octanol–water partition coefficient (Wildman–Crippen LogP) is 5.21. The van der Waals surface area contributed by atoms with E-state index < -0.39 is 17.6 Å². The summed E-state index contributed by atoms with van der Waals surface area (Å²) in [6.45, 7) is 5.72. The molecule has 1 aromatic rings. The molecule has 1 N–H and O–H groups in total. The number of piperidine rings is 1. The number of carbonyl (C=O) groups excluding carboxylic acids is 2. The molecule has 0 radical (unpaired) electrons. The summed E-state index contributed by atoms with van der Waals surface area (Å²) >= 11 is 12.4. The van der Waals surface area contributed by atoms with E-state index in [0.717, 1.165) is 37.7 Å². The number of halogens is 2. The number of imide groups is 1. The highest BCUT2D eigenvalue weighted by atomic mass is 35.5. The average molecular weight is 497 g/mol. The van der Waals surface area contributed by atoms with Crippen LogP contribution < -0.4 is 0 Å². The van der Waals surface area contributed by atoms with Crippen molar-refractivity contribution in [3.63, 3.8) is 0 Å². The third-order valence-corrected chi connectivity index (χ3v) is 8.51. The first-order valence-electron chi connectivity index (χ1n) is 11.8. The third kappa shape index (κ3) is 4.35. The molecule has 180 valence electrons. The molecule has 9 heteroatoms. The van der Waals surface area contributed by atoms with E-state index in [1.807, 2.05) is 13.0 Å². The molecular weight excluding hydrogens is 465 g/mol. The Kier molecular flexibility index (Phi) is 6.69. The van der Waals surface area contributed by atoms with Gasteiger partial charge in [-0.1, -0.05) is 29.3 Å². The van der Waals surface area contributed by atoms with Gasteiger partial charge in [0, 0.05) is 25.6 Å². The topological polar surface area (TPSA) is 77.9 Å². The summed E-state index contributed by atoms with van der Waals surface area (Å²) in [5.41, 5.74) is 0.432. The van der Waals surface area contributed by atoms with E-state index >= 15 is 0 Å². The number of urea groups is 1. The van der Waals surface area contributed by atoms with Crippen molar-refractivity contribution in [2.45, 2.75) is 57.9 Å². The lowest BCUT2D eigenvalue weighted by atomic mass is 9.93. The van der Waals surface area contributed by atoms with Crippen LogP contribution in [0.3, 0.4) is 0 Å². The van der Waals surface area contributed by atoms with Crippen LogP contribution in [0.5, 0.6) is 0 Å². The molecule has 2 atom stereocenters. The van der Waals surface area contributed by atoms with Crippen molar-refractivity contribution in [1.82, 2.24) is 9.80 Å². The number of carboxylic acid groups (broad SMARTS) is 1. The highest BCUT2D eigenvalue weighted by Gasteiger charge is 2.61. The zero-order chi connectivity index (χ0) is 24.0. The van der Waals surface area contributed by atoms with Crippen molar-refractivity contribution < 1.29 is 24.0 Å². The van der Waals surface area contributed by atoms with E-state index in [1.54, 1.807) is 24.0 Å². The lowest BCUT2D eigenvalue weighted by Crippen LogP contribution is -2.65. The van der Waals surface area contributed by atoms with E-state index in [0.29, 0.717) is 36.2 Å². The number of rotatable bonds is 4. The number of hydrogen-bond donors (Lipinski definition) is 1. The average Bonchev–Trinajstić information content (AvgIpc) is 3.41. The van der Waals surface area contributed by atoms with E-state index in [1.165, 1.54) is 4.90 Å². The van der Waals surface area contributed by atoms with Crippen molar-refractivity contribution in [2.24, 2.45) is 5.41 Å². The van der Waals surface area contributed by atoms with Gasteiger partial charge >= 0.3 is 18.0 Å². The van der Waals surface area contributed by atoms with Crippen molar-refractivity contribution in [2.75, 3.05) is 32.7 Å². The highest BCUT2D eigenvalue weighted by molar-refractivity contribution is 6.42. The van der Waals surface area contributed by atoms with Gasteiger partial charge in [0.2, 0.25) is 0 Å². The Morgan fingerprint density at radius 2 is 1.79 bits per heavy atom. The third-order valence-electron chi connectivity index (χ3n) is 7.77. The Hall–Kier alpha value is -1.83. The van der Waals surface area contributed by atoms with Gasteiger partial charge in [-0.05, 0) is 63.6 Å². The smallest absolute Gasteiger partial charge is 0.426 e. The fourth-order valence-electron chi connectivity index (χ4n) is 5.56. The molecule has 0 aromatic heterocycles. The van der Waals surface area contributed by atoms with Gasteiger partial charge in [-0.25, -0.2) is 14.4 Å². The largest absolute Gasteiger partial charge is 0.465 e. The Morgan fingerprint density at radius 3 is 2.33 bits per heavy atom. The SMILES string of the molecule is CCN(C(=O)O)[C@@H]1CN(C(=O)[N+]2(C(=O)C3(C)CC3)CCCCC2)C[C@H]1c1ccc(Cl)c(Cl)c1. The van der Waals surface area contributed by atoms with Crippen LogP contribution in [0.2, 0.25) is 10.0 Å². The van der Waals surface area contributed by atoms with Gasteiger partial charge in [-0.15, -0.1) is 0 Å².